The van der Waals surface area contributed by atoms with Gasteiger partial charge in [0.25, 0.3) is 5.91 Å². The van der Waals surface area contributed by atoms with E-state index in [2.05, 4.69) is 10.3 Å². The molecule has 2 atom stereocenters. The van der Waals surface area contributed by atoms with Crippen LogP contribution in [0.2, 0.25) is 0 Å². The SMILES string of the molecule is Cc1c(C(=O)N2C[C@@H]3CCCC[C@H]3C2)nnn1-c1ccc2c(c1)OCCO2. The third-order valence-electron chi connectivity index (χ3n) is 6.13. The lowest BCUT2D eigenvalue weighted by atomic mass is 9.82. The number of carbonyl (C=O) groups excluding carboxylic acids is 1. The van der Waals surface area contributed by atoms with Crippen LogP contribution in [-0.2, 0) is 0 Å². The number of hydrogen-bond acceptors (Lipinski definition) is 5. The first-order chi connectivity index (χ1) is 13.2. The van der Waals surface area contributed by atoms with E-state index in [4.69, 9.17) is 9.47 Å². The van der Waals surface area contributed by atoms with Gasteiger partial charge in [-0.05, 0) is 43.7 Å². The van der Waals surface area contributed by atoms with Gasteiger partial charge in [0.1, 0.15) is 13.2 Å². The topological polar surface area (TPSA) is 69.5 Å². The van der Waals surface area contributed by atoms with Gasteiger partial charge < -0.3 is 14.4 Å². The first kappa shape index (κ1) is 16.6. The summed E-state index contributed by atoms with van der Waals surface area (Å²) in [7, 11) is 0. The maximum Gasteiger partial charge on any atom is 0.276 e. The van der Waals surface area contributed by atoms with Crippen molar-refractivity contribution >= 4 is 5.91 Å². The Hall–Kier alpha value is -2.57. The number of aromatic nitrogens is 3. The molecule has 0 radical (unpaired) electrons. The van der Waals surface area contributed by atoms with Gasteiger partial charge in [0.05, 0.1) is 11.4 Å². The van der Waals surface area contributed by atoms with E-state index >= 15 is 0 Å². The molecular weight excluding hydrogens is 344 g/mol. The zero-order chi connectivity index (χ0) is 18.4. The highest BCUT2D eigenvalue weighted by molar-refractivity contribution is 5.93. The summed E-state index contributed by atoms with van der Waals surface area (Å²) in [5.41, 5.74) is 2.02. The van der Waals surface area contributed by atoms with Gasteiger partial charge in [0, 0.05) is 19.2 Å². The summed E-state index contributed by atoms with van der Waals surface area (Å²) in [5, 5.41) is 8.46. The van der Waals surface area contributed by atoms with Gasteiger partial charge in [-0.15, -0.1) is 5.10 Å². The lowest BCUT2D eigenvalue weighted by Crippen LogP contribution is -2.30. The number of amides is 1. The average molecular weight is 368 g/mol. The van der Waals surface area contributed by atoms with Crippen LogP contribution < -0.4 is 9.47 Å². The van der Waals surface area contributed by atoms with Crippen LogP contribution >= 0.6 is 0 Å². The number of fused-ring (bicyclic) bond motifs is 2. The van der Waals surface area contributed by atoms with E-state index in [1.165, 1.54) is 25.7 Å². The number of benzene rings is 1. The predicted molar refractivity (Wildman–Crippen MR) is 98.4 cm³/mol. The van der Waals surface area contributed by atoms with Crippen LogP contribution in [0.1, 0.15) is 41.9 Å². The second kappa shape index (κ2) is 6.55. The Labute approximate surface area is 158 Å². The Kier molecular flexibility index (Phi) is 4.02. The summed E-state index contributed by atoms with van der Waals surface area (Å²) >= 11 is 0. The van der Waals surface area contributed by atoms with E-state index < -0.39 is 0 Å². The van der Waals surface area contributed by atoms with Gasteiger partial charge in [-0.3, -0.25) is 4.79 Å². The molecule has 2 fully saturated rings. The van der Waals surface area contributed by atoms with Crippen molar-refractivity contribution in [2.45, 2.75) is 32.6 Å². The van der Waals surface area contributed by atoms with E-state index in [1.54, 1.807) is 4.68 Å². The standard InChI is InChI=1S/C20H24N4O3/c1-13-19(20(25)23-11-14-4-2-3-5-15(14)12-23)21-22-24(13)16-6-7-17-18(10-16)27-9-8-26-17/h6-7,10,14-15H,2-5,8-9,11-12H2,1H3/t14-,15-/m0/s1. The summed E-state index contributed by atoms with van der Waals surface area (Å²) in [6, 6.07) is 5.67. The van der Waals surface area contributed by atoms with Gasteiger partial charge in [-0.2, -0.15) is 0 Å². The van der Waals surface area contributed by atoms with Crippen molar-refractivity contribution in [3.63, 3.8) is 0 Å². The summed E-state index contributed by atoms with van der Waals surface area (Å²) in [5.74, 6) is 2.77. The van der Waals surface area contributed by atoms with Crippen LogP contribution in [0.4, 0.5) is 0 Å². The lowest BCUT2D eigenvalue weighted by molar-refractivity contribution is 0.0777. The van der Waals surface area contributed by atoms with E-state index in [-0.39, 0.29) is 5.91 Å². The quantitative estimate of drug-likeness (QED) is 0.815. The monoisotopic (exact) mass is 368 g/mol. The van der Waals surface area contributed by atoms with Crippen LogP contribution in [0.25, 0.3) is 5.69 Å². The van der Waals surface area contributed by atoms with E-state index in [0.717, 1.165) is 30.2 Å². The molecule has 0 spiro atoms. The Morgan fingerprint density at radius 1 is 1.07 bits per heavy atom. The highest BCUT2D eigenvalue weighted by Crippen LogP contribution is 2.37. The molecule has 0 N–H and O–H groups in total. The maximum atomic E-state index is 13.1. The number of carbonyl (C=O) groups is 1. The van der Waals surface area contributed by atoms with Gasteiger partial charge in [-0.1, -0.05) is 18.1 Å². The minimum atomic E-state index is 0.00527. The summed E-state index contributed by atoms with van der Waals surface area (Å²) in [6.07, 6.45) is 5.08. The van der Waals surface area contributed by atoms with Crippen LogP contribution in [0.3, 0.4) is 0 Å². The Bertz CT molecular complexity index is 864. The molecule has 2 aliphatic heterocycles. The molecule has 7 heteroatoms. The fourth-order valence-corrected chi connectivity index (χ4v) is 4.66. The Morgan fingerprint density at radius 3 is 2.52 bits per heavy atom. The zero-order valence-corrected chi connectivity index (χ0v) is 15.6. The fraction of sp³-hybridized carbons (Fsp3) is 0.550. The molecule has 7 nitrogen and oxygen atoms in total. The van der Waals surface area contributed by atoms with Crippen LogP contribution in [-0.4, -0.2) is 52.1 Å². The van der Waals surface area contributed by atoms with E-state index in [1.807, 2.05) is 30.0 Å². The number of likely N-dealkylation sites (tertiary alicyclic amines) is 1. The molecule has 3 aliphatic rings. The maximum absolute atomic E-state index is 13.1. The van der Waals surface area contributed by atoms with Crippen molar-refractivity contribution < 1.29 is 14.3 Å². The molecule has 142 valence electrons. The zero-order valence-electron chi connectivity index (χ0n) is 15.6. The molecule has 1 amide bonds. The molecule has 27 heavy (non-hydrogen) atoms. The predicted octanol–water partition coefficient (Wildman–Crippen LogP) is 2.61. The second-order valence-corrected chi connectivity index (χ2v) is 7.78. The largest absolute Gasteiger partial charge is 0.486 e. The van der Waals surface area contributed by atoms with Crippen molar-refractivity contribution in [3.8, 4) is 17.2 Å². The highest BCUT2D eigenvalue weighted by Gasteiger charge is 2.38. The van der Waals surface area contributed by atoms with Crippen LogP contribution in [0.15, 0.2) is 18.2 Å². The first-order valence-corrected chi connectivity index (χ1v) is 9.82. The van der Waals surface area contributed by atoms with Crippen LogP contribution in [0, 0.1) is 18.8 Å². The number of nitrogens with zero attached hydrogens (tertiary/aromatic N) is 4. The summed E-state index contributed by atoms with van der Waals surface area (Å²) in [4.78, 5) is 15.0. The Morgan fingerprint density at radius 2 is 1.78 bits per heavy atom. The molecule has 0 unspecified atom stereocenters. The van der Waals surface area contributed by atoms with Crippen molar-refractivity contribution in [2.24, 2.45) is 11.8 Å². The minimum Gasteiger partial charge on any atom is -0.486 e. The fourth-order valence-electron chi connectivity index (χ4n) is 4.66. The average Bonchev–Trinajstić information content (AvgIpc) is 3.30. The molecule has 1 aliphatic carbocycles. The second-order valence-electron chi connectivity index (χ2n) is 7.78. The number of hydrogen-bond donors (Lipinski definition) is 0. The summed E-state index contributed by atoms with van der Waals surface area (Å²) in [6.45, 7) is 4.71. The molecule has 5 rings (SSSR count). The molecule has 1 saturated carbocycles. The third kappa shape index (κ3) is 2.85. The third-order valence-corrected chi connectivity index (χ3v) is 6.13. The molecule has 3 heterocycles. The minimum absolute atomic E-state index is 0.00527. The summed E-state index contributed by atoms with van der Waals surface area (Å²) < 4.78 is 12.9. The molecule has 1 aromatic heterocycles. The smallest absolute Gasteiger partial charge is 0.276 e. The van der Waals surface area contributed by atoms with Crippen molar-refractivity contribution in [2.75, 3.05) is 26.3 Å². The lowest BCUT2D eigenvalue weighted by Gasteiger charge is -2.22. The first-order valence-electron chi connectivity index (χ1n) is 9.82. The van der Waals surface area contributed by atoms with Gasteiger partial charge in [0.15, 0.2) is 17.2 Å². The normalized spacial score (nSPS) is 24.0. The molecule has 0 bridgehead atoms. The van der Waals surface area contributed by atoms with Crippen LogP contribution in [0.5, 0.6) is 11.5 Å². The van der Waals surface area contributed by atoms with Crippen molar-refractivity contribution in [1.29, 1.82) is 0 Å². The van der Waals surface area contributed by atoms with Gasteiger partial charge in [-0.25, -0.2) is 4.68 Å². The molecule has 1 saturated heterocycles. The Balaban J connectivity index is 1.39. The van der Waals surface area contributed by atoms with Crippen molar-refractivity contribution in [3.05, 3.63) is 29.6 Å². The molecular formula is C20H24N4O3. The molecule has 2 aromatic rings. The van der Waals surface area contributed by atoms with Crippen molar-refractivity contribution in [1.82, 2.24) is 19.9 Å². The van der Waals surface area contributed by atoms with Gasteiger partial charge >= 0.3 is 0 Å². The van der Waals surface area contributed by atoms with E-state index in [0.29, 0.717) is 36.5 Å². The number of ether oxygens (including phenoxy) is 2. The van der Waals surface area contributed by atoms with Gasteiger partial charge in [0.2, 0.25) is 0 Å². The highest BCUT2D eigenvalue weighted by atomic mass is 16.6. The van der Waals surface area contributed by atoms with E-state index in [9.17, 15) is 4.79 Å². The molecule has 1 aromatic carbocycles. The number of rotatable bonds is 2.